The molecule has 0 amide bonds. The van der Waals surface area contributed by atoms with Gasteiger partial charge >= 0.3 is 11.9 Å². The lowest BCUT2D eigenvalue weighted by Crippen LogP contribution is -2.53. The Hall–Kier alpha value is -1.35. The van der Waals surface area contributed by atoms with Gasteiger partial charge in [-0.25, -0.2) is 4.79 Å². The highest BCUT2D eigenvalue weighted by molar-refractivity contribution is 14.1. The average Bonchev–Trinajstić information content (AvgIpc) is 2.78. The zero-order valence-corrected chi connectivity index (χ0v) is 15.7. The molecule has 6 nitrogen and oxygen atoms in total. The van der Waals surface area contributed by atoms with E-state index in [9.17, 15) is 14.7 Å². The Kier molecular flexibility index (Phi) is 5.00. The number of benzene rings is 1. The van der Waals surface area contributed by atoms with Crippen molar-refractivity contribution in [3.8, 4) is 5.75 Å². The van der Waals surface area contributed by atoms with Gasteiger partial charge in [-0.15, -0.1) is 0 Å². The second-order valence-corrected chi connectivity index (χ2v) is 7.60. The number of phenolic OH excluding ortho intramolecular Hbond substituents is 1. The first-order valence-electron chi connectivity index (χ1n) is 7.91. The lowest BCUT2D eigenvalue weighted by atomic mass is 9.87. The van der Waals surface area contributed by atoms with Crippen LogP contribution in [0.25, 0.3) is 0 Å². The van der Waals surface area contributed by atoms with Gasteiger partial charge in [-0.2, -0.15) is 0 Å². The van der Waals surface area contributed by atoms with E-state index in [4.69, 9.17) is 9.47 Å². The summed E-state index contributed by atoms with van der Waals surface area (Å²) in [4.78, 5) is 26.9. The fraction of sp³-hybridized carbons (Fsp3) is 0.529. The molecule has 0 saturated carbocycles. The summed E-state index contributed by atoms with van der Waals surface area (Å²) in [6.07, 6.45) is 1.95. The van der Waals surface area contributed by atoms with E-state index in [0.717, 1.165) is 16.4 Å². The Labute approximate surface area is 154 Å². The fourth-order valence-electron chi connectivity index (χ4n) is 3.87. The molecule has 0 aliphatic carbocycles. The van der Waals surface area contributed by atoms with Crippen LogP contribution in [0.15, 0.2) is 18.2 Å². The Morgan fingerprint density at radius 1 is 1.33 bits per heavy atom. The Morgan fingerprint density at radius 3 is 2.75 bits per heavy atom. The standard InChI is InChI=1S/C17H20INO5/c1-19-10-4-6-12(19)15(17(22)23-2)14(8-10)24-16(21)11-5-3-9(18)7-13(11)20/h3,5,7,10,12,14-15,20H,4,6,8H2,1-2H3/t10-,12-,14+,15-/m1/s1. The van der Waals surface area contributed by atoms with Crippen molar-refractivity contribution in [1.82, 2.24) is 4.90 Å². The highest BCUT2D eigenvalue weighted by Gasteiger charge is 2.51. The van der Waals surface area contributed by atoms with Crippen molar-refractivity contribution in [3.05, 3.63) is 27.3 Å². The van der Waals surface area contributed by atoms with Crippen LogP contribution in [0.5, 0.6) is 5.75 Å². The molecule has 24 heavy (non-hydrogen) atoms. The molecule has 2 fully saturated rings. The van der Waals surface area contributed by atoms with E-state index in [1.807, 2.05) is 7.05 Å². The number of hydrogen-bond donors (Lipinski definition) is 1. The molecular weight excluding hydrogens is 425 g/mol. The number of esters is 2. The zero-order chi connectivity index (χ0) is 17.4. The number of carbonyl (C=O) groups excluding carboxylic acids is 2. The van der Waals surface area contributed by atoms with Gasteiger partial charge in [0.15, 0.2) is 0 Å². The molecular formula is C17H20INO5. The summed E-state index contributed by atoms with van der Waals surface area (Å²) in [6.45, 7) is 0. The van der Waals surface area contributed by atoms with Gasteiger partial charge in [-0.3, -0.25) is 9.69 Å². The maximum absolute atomic E-state index is 12.5. The van der Waals surface area contributed by atoms with Gasteiger partial charge in [0.2, 0.25) is 0 Å². The van der Waals surface area contributed by atoms with E-state index < -0.39 is 18.0 Å². The second kappa shape index (κ2) is 6.87. The van der Waals surface area contributed by atoms with Crippen LogP contribution in [0, 0.1) is 9.49 Å². The fourth-order valence-corrected chi connectivity index (χ4v) is 4.34. The van der Waals surface area contributed by atoms with Crippen molar-refractivity contribution in [2.24, 2.45) is 5.92 Å². The summed E-state index contributed by atoms with van der Waals surface area (Å²) in [7, 11) is 3.36. The summed E-state index contributed by atoms with van der Waals surface area (Å²) < 4.78 is 11.4. The van der Waals surface area contributed by atoms with Crippen LogP contribution >= 0.6 is 22.6 Å². The molecule has 1 aromatic carbocycles. The second-order valence-electron chi connectivity index (χ2n) is 6.35. The average molecular weight is 445 g/mol. The topological polar surface area (TPSA) is 76.1 Å². The Balaban J connectivity index is 1.82. The van der Waals surface area contributed by atoms with Crippen LogP contribution in [0.4, 0.5) is 0 Å². The summed E-state index contributed by atoms with van der Waals surface area (Å²) in [5.74, 6) is -1.56. The van der Waals surface area contributed by atoms with Crippen molar-refractivity contribution < 1.29 is 24.2 Å². The minimum atomic E-state index is -0.605. The Morgan fingerprint density at radius 2 is 2.08 bits per heavy atom. The number of piperidine rings is 1. The van der Waals surface area contributed by atoms with Crippen LogP contribution < -0.4 is 0 Å². The van der Waals surface area contributed by atoms with Crippen LogP contribution in [0.2, 0.25) is 0 Å². The normalized spacial score (nSPS) is 29.3. The third-order valence-corrected chi connectivity index (χ3v) is 5.80. The number of hydrogen-bond acceptors (Lipinski definition) is 6. The molecule has 1 aromatic rings. The third-order valence-electron chi connectivity index (χ3n) is 5.13. The molecule has 2 bridgehead atoms. The quantitative estimate of drug-likeness (QED) is 0.568. The predicted octanol–water partition coefficient (Wildman–Crippen LogP) is 2.18. The van der Waals surface area contributed by atoms with Crippen LogP contribution in [0.1, 0.15) is 29.6 Å². The van der Waals surface area contributed by atoms with Crippen LogP contribution in [-0.4, -0.2) is 54.3 Å². The van der Waals surface area contributed by atoms with Crippen molar-refractivity contribution in [1.29, 1.82) is 0 Å². The molecule has 4 atom stereocenters. The molecule has 2 aliphatic rings. The van der Waals surface area contributed by atoms with Crippen molar-refractivity contribution in [3.63, 3.8) is 0 Å². The van der Waals surface area contributed by atoms with Gasteiger partial charge in [0.1, 0.15) is 23.3 Å². The molecule has 0 spiro atoms. The number of halogens is 1. The van der Waals surface area contributed by atoms with Crippen molar-refractivity contribution in [2.75, 3.05) is 14.2 Å². The number of ether oxygens (including phenoxy) is 2. The van der Waals surface area contributed by atoms with E-state index in [2.05, 4.69) is 27.5 Å². The van der Waals surface area contributed by atoms with Gasteiger partial charge < -0.3 is 14.6 Å². The number of nitrogens with zero attached hydrogens (tertiary/aromatic N) is 1. The van der Waals surface area contributed by atoms with E-state index >= 15 is 0 Å². The molecule has 2 saturated heterocycles. The predicted molar refractivity (Wildman–Crippen MR) is 94.7 cm³/mol. The first kappa shape index (κ1) is 17.5. The van der Waals surface area contributed by atoms with Gasteiger partial charge in [-0.1, -0.05) is 0 Å². The minimum Gasteiger partial charge on any atom is -0.507 e. The summed E-state index contributed by atoms with van der Waals surface area (Å²) in [5, 5.41) is 9.97. The summed E-state index contributed by atoms with van der Waals surface area (Å²) >= 11 is 2.05. The number of phenols is 1. The van der Waals surface area contributed by atoms with Crippen molar-refractivity contribution in [2.45, 2.75) is 37.5 Å². The third kappa shape index (κ3) is 3.11. The Bertz CT molecular complexity index is 664. The summed E-state index contributed by atoms with van der Waals surface area (Å²) in [6, 6.07) is 5.11. The van der Waals surface area contributed by atoms with Crippen LogP contribution in [0.3, 0.4) is 0 Å². The number of fused-ring (bicyclic) bond motifs is 2. The number of rotatable bonds is 3. The largest absolute Gasteiger partial charge is 0.507 e. The lowest BCUT2D eigenvalue weighted by molar-refractivity contribution is -0.156. The molecule has 0 unspecified atom stereocenters. The van der Waals surface area contributed by atoms with E-state index in [0.29, 0.717) is 12.5 Å². The van der Waals surface area contributed by atoms with Gasteiger partial charge in [-0.05, 0) is 60.7 Å². The molecule has 7 heteroatoms. The highest BCUT2D eigenvalue weighted by atomic mass is 127. The zero-order valence-electron chi connectivity index (χ0n) is 13.6. The maximum Gasteiger partial charge on any atom is 0.342 e. The smallest absolute Gasteiger partial charge is 0.342 e. The number of carbonyl (C=O) groups is 2. The molecule has 1 N–H and O–H groups in total. The number of aromatic hydroxyl groups is 1. The van der Waals surface area contributed by atoms with Crippen LogP contribution in [-0.2, 0) is 14.3 Å². The minimum absolute atomic E-state index is 0.0271. The van der Waals surface area contributed by atoms with Gasteiger partial charge in [0, 0.05) is 22.1 Å². The highest BCUT2D eigenvalue weighted by Crippen LogP contribution is 2.40. The number of methoxy groups -OCH3 is 1. The van der Waals surface area contributed by atoms with E-state index in [1.54, 1.807) is 6.07 Å². The molecule has 130 valence electrons. The molecule has 2 aliphatic heterocycles. The van der Waals surface area contributed by atoms with Gasteiger partial charge in [0.05, 0.1) is 7.11 Å². The molecule has 2 heterocycles. The first-order chi connectivity index (χ1) is 11.4. The lowest BCUT2D eigenvalue weighted by Gasteiger charge is -2.40. The van der Waals surface area contributed by atoms with Gasteiger partial charge in [0.25, 0.3) is 0 Å². The molecule has 0 radical (unpaired) electrons. The van der Waals surface area contributed by atoms with E-state index in [1.165, 1.54) is 19.2 Å². The maximum atomic E-state index is 12.5. The molecule has 0 aromatic heterocycles. The monoisotopic (exact) mass is 445 g/mol. The molecule has 3 rings (SSSR count). The van der Waals surface area contributed by atoms with E-state index in [-0.39, 0.29) is 23.3 Å². The summed E-state index contributed by atoms with van der Waals surface area (Å²) in [5.41, 5.74) is 0.116. The SMILES string of the molecule is COC(=O)[C@H]1[C@@H](OC(=O)c2ccc(I)cc2O)C[C@H]2CC[C@H]1N2C. The first-order valence-corrected chi connectivity index (χ1v) is 8.99. The van der Waals surface area contributed by atoms with Crippen molar-refractivity contribution >= 4 is 34.5 Å².